The topological polar surface area (TPSA) is 70.9 Å². The molecular formula is C14H17N3O. The molecule has 4 N–H and O–H groups in total. The molecule has 4 heteroatoms. The molecule has 0 radical (unpaired) electrons. The van der Waals surface area contributed by atoms with Gasteiger partial charge in [-0.1, -0.05) is 6.07 Å². The summed E-state index contributed by atoms with van der Waals surface area (Å²) in [7, 11) is 0. The average molecular weight is 243 g/mol. The summed E-state index contributed by atoms with van der Waals surface area (Å²) in [5, 5.41) is 3.93. The van der Waals surface area contributed by atoms with Crippen LogP contribution in [0.3, 0.4) is 0 Å². The Bertz CT molecular complexity index is 600. The Hall–Kier alpha value is -1.97. The van der Waals surface area contributed by atoms with Crippen LogP contribution in [0, 0.1) is 0 Å². The number of aromatic amines is 1. The minimum atomic E-state index is -0.480. The van der Waals surface area contributed by atoms with Crippen molar-refractivity contribution in [3.05, 3.63) is 35.0 Å². The third-order valence-electron chi connectivity index (χ3n) is 3.63. The van der Waals surface area contributed by atoms with Crippen LogP contribution in [0.15, 0.2) is 18.2 Å². The van der Waals surface area contributed by atoms with Crippen molar-refractivity contribution < 1.29 is 4.79 Å². The number of H-pyrrole nitrogens is 1. The van der Waals surface area contributed by atoms with E-state index in [2.05, 4.69) is 22.4 Å². The van der Waals surface area contributed by atoms with Crippen LogP contribution in [0.1, 0.15) is 29.7 Å². The Labute approximate surface area is 106 Å². The predicted octanol–water partition coefficient (Wildman–Crippen LogP) is 2.21. The number of benzene rings is 1. The van der Waals surface area contributed by atoms with Crippen LogP contribution in [-0.4, -0.2) is 11.0 Å². The number of hydrogen-bond acceptors (Lipinski definition) is 1. The van der Waals surface area contributed by atoms with Gasteiger partial charge in [-0.15, -0.1) is 0 Å². The van der Waals surface area contributed by atoms with Crippen LogP contribution < -0.4 is 11.1 Å². The zero-order chi connectivity index (χ0) is 12.5. The second kappa shape index (κ2) is 4.37. The molecule has 1 aromatic heterocycles. The number of urea groups is 1. The van der Waals surface area contributed by atoms with Crippen LogP contribution in [0.2, 0.25) is 0 Å². The molecule has 1 aliphatic rings. The standard InChI is InChI=1S/C14H17N3O/c15-14(18)16-8-9-5-6-13-11(7-9)10-3-1-2-4-12(10)17-13/h5-7,17H,1-4,8H2,(H3,15,16,18). The largest absolute Gasteiger partial charge is 0.358 e. The molecule has 2 aromatic rings. The monoisotopic (exact) mass is 243 g/mol. The van der Waals surface area contributed by atoms with Crippen molar-refractivity contribution in [3.63, 3.8) is 0 Å². The minimum absolute atomic E-state index is 0.480. The highest BCUT2D eigenvalue weighted by Gasteiger charge is 2.15. The molecule has 0 saturated heterocycles. The zero-order valence-electron chi connectivity index (χ0n) is 10.3. The van der Waals surface area contributed by atoms with E-state index in [1.807, 2.05) is 6.07 Å². The summed E-state index contributed by atoms with van der Waals surface area (Å²) in [6, 6.07) is 5.80. The van der Waals surface area contributed by atoms with Crippen molar-refractivity contribution in [2.75, 3.05) is 0 Å². The lowest BCUT2D eigenvalue weighted by molar-refractivity contribution is 0.248. The van der Waals surface area contributed by atoms with Gasteiger partial charge in [-0.25, -0.2) is 4.79 Å². The normalized spacial score (nSPS) is 14.4. The highest BCUT2D eigenvalue weighted by Crippen LogP contribution is 2.29. The maximum Gasteiger partial charge on any atom is 0.312 e. The lowest BCUT2D eigenvalue weighted by Crippen LogP contribution is -2.28. The summed E-state index contributed by atoms with van der Waals surface area (Å²) in [6.45, 7) is 0.491. The van der Waals surface area contributed by atoms with Crippen molar-refractivity contribution in [3.8, 4) is 0 Å². The van der Waals surface area contributed by atoms with Gasteiger partial charge >= 0.3 is 6.03 Å². The maximum atomic E-state index is 10.7. The van der Waals surface area contributed by atoms with E-state index in [1.54, 1.807) is 0 Å². The van der Waals surface area contributed by atoms with Gasteiger partial charge in [0.25, 0.3) is 0 Å². The molecule has 1 aliphatic carbocycles. The first kappa shape index (κ1) is 11.1. The lowest BCUT2D eigenvalue weighted by Gasteiger charge is -2.10. The number of carbonyl (C=O) groups excluding carboxylic acids is 1. The van der Waals surface area contributed by atoms with Crippen molar-refractivity contribution in [2.45, 2.75) is 32.2 Å². The van der Waals surface area contributed by atoms with E-state index in [0.717, 1.165) is 18.4 Å². The van der Waals surface area contributed by atoms with Gasteiger partial charge in [0, 0.05) is 23.1 Å². The first-order valence-corrected chi connectivity index (χ1v) is 6.40. The number of rotatable bonds is 2. The Morgan fingerprint density at radius 1 is 1.33 bits per heavy atom. The molecule has 18 heavy (non-hydrogen) atoms. The van der Waals surface area contributed by atoms with Gasteiger partial charge in [-0.3, -0.25) is 0 Å². The molecule has 1 aromatic carbocycles. The van der Waals surface area contributed by atoms with Crippen LogP contribution in [0.25, 0.3) is 10.9 Å². The summed E-state index contributed by atoms with van der Waals surface area (Å²) in [5.41, 5.74) is 10.2. The van der Waals surface area contributed by atoms with E-state index in [-0.39, 0.29) is 0 Å². The third-order valence-corrected chi connectivity index (χ3v) is 3.63. The molecule has 3 rings (SSSR count). The molecule has 0 aliphatic heterocycles. The molecule has 0 spiro atoms. The second-order valence-electron chi connectivity index (χ2n) is 4.89. The first-order valence-electron chi connectivity index (χ1n) is 6.40. The number of primary amides is 1. The van der Waals surface area contributed by atoms with Crippen LogP contribution in [0.4, 0.5) is 4.79 Å². The van der Waals surface area contributed by atoms with E-state index >= 15 is 0 Å². The molecule has 4 nitrogen and oxygen atoms in total. The SMILES string of the molecule is NC(=O)NCc1ccc2[nH]c3c(c2c1)CCCC3. The Kier molecular flexibility index (Phi) is 2.70. The van der Waals surface area contributed by atoms with Gasteiger partial charge in [0.15, 0.2) is 0 Å². The van der Waals surface area contributed by atoms with Crippen LogP contribution in [0.5, 0.6) is 0 Å². The number of amides is 2. The Morgan fingerprint density at radius 3 is 3.00 bits per heavy atom. The molecular weight excluding hydrogens is 226 g/mol. The number of carbonyl (C=O) groups is 1. The predicted molar refractivity (Wildman–Crippen MR) is 71.4 cm³/mol. The van der Waals surface area contributed by atoms with Gasteiger partial charge < -0.3 is 16.0 Å². The molecule has 94 valence electrons. The lowest BCUT2D eigenvalue weighted by atomic mass is 9.95. The molecule has 1 heterocycles. The van der Waals surface area contributed by atoms with E-state index < -0.39 is 6.03 Å². The smallest absolute Gasteiger partial charge is 0.312 e. The molecule has 2 amide bonds. The second-order valence-corrected chi connectivity index (χ2v) is 4.89. The first-order chi connectivity index (χ1) is 8.74. The molecule has 0 bridgehead atoms. The van der Waals surface area contributed by atoms with Gasteiger partial charge in [0.1, 0.15) is 0 Å². The van der Waals surface area contributed by atoms with Crippen molar-refractivity contribution >= 4 is 16.9 Å². The highest BCUT2D eigenvalue weighted by molar-refractivity contribution is 5.85. The number of aryl methyl sites for hydroxylation is 2. The third kappa shape index (κ3) is 1.94. The number of aromatic nitrogens is 1. The summed E-state index contributed by atoms with van der Waals surface area (Å²) < 4.78 is 0. The van der Waals surface area contributed by atoms with Gasteiger partial charge in [0.05, 0.1) is 0 Å². The summed E-state index contributed by atoms with van der Waals surface area (Å²) in [4.78, 5) is 14.2. The number of hydrogen-bond donors (Lipinski definition) is 3. The van der Waals surface area contributed by atoms with Crippen LogP contribution in [-0.2, 0) is 19.4 Å². The van der Waals surface area contributed by atoms with Crippen molar-refractivity contribution in [1.82, 2.24) is 10.3 Å². The van der Waals surface area contributed by atoms with E-state index in [1.165, 1.54) is 35.0 Å². The van der Waals surface area contributed by atoms with E-state index in [0.29, 0.717) is 6.54 Å². The van der Waals surface area contributed by atoms with Crippen molar-refractivity contribution in [1.29, 1.82) is 0 Å². The number of fused-ring (bicyclic) bond motifs is 3. The zero-order valence-corrected chi connectivity index (χ0v) is 10.3. The summed E-state index contributed by atoms with van der Waals surface area (Å²) in [6.07, 6.45) is 4.85. The fourth-order valence-corrected chi connectivity index (χ4v) is 2.75. The highest BCUT2D eigenvalue weighted by atomic mass is 16.2. The van der Waals surface area contributed by atoms with Gasteiger partial charge in [-0.05, 0) is 48.9 Å². The average Bonchev–Trinajstić information content (AvgIpc) is 2.74. The van der Waals surface area contributed by atoms with E-state index in [4.69, 9.17) is 5.73 Å². The van der Waals surface area contributed by atoms with Crippen molar-refractivity contribution in [2.24, 2.45) is 5.73 Å². The Morgan fingerprint density at radius 2 is 2.17 bits per heavy atom. The number of nitrogens with two attached hydrogens (primary N) is 1. The quantitative estimate of drug-likeness (QED) is 0.743. The summed E-state index contributed by atoms with van der Waals surface area (Å²) in [5.74, 6) is 0. The van der Waals surface area contributed by atoms with Crippen LogP contribution >= 0.6 is 0 Å². The maximum absolute atomic E-state index is 10.7. The molecule has 0 saturated carbocycles. The van der Waals surface area contributed by atoms with Gasteiger partial charge in [-0.2, -0.15) is 0 Å². The van der Waals surface area contributed by atoms with Gasteiger partial charge in [0.2, 0.25) is 0 Å². The number of nitrogens with one attached hydrogen (secondary N) is 2. The molecule has 0 atom stereocenters. The summed E-state index contributed by atoms with van der Waals surface area (Å²) >= 11 is 0. The minimum Gasteiger partial charge on any atom is -0.358 e. The molecule has 0 fully saturated rings. The Balaban J connectivity index is 1.97. The van der Waals surface area contributed by atoms with E-state index in [9.17, 15) is 4.79 Å². The fourth-order valence-electron chi connectivity index (χ4n) is 2.75. The molecule has 0 unspecified atom stereocenters. The fraction of sp³-hybridized carbons (Fsp3) is 0.357.